The maximum atomic E-state index is 11.9. The minimum Gasteiger partial charge on any atom is -0.329 e. The molecule has 98 valence electrons. The van der Waals surface area contributed by atoms with E-state index in [0.29, 0.717) is 24.2 Å². The summed E-state index contributed by atoms with van der Waals surface area (Å²) in [7, 11) is 0. The zero-order chi connectivity index (χ0) is 13.0. The Bertz CT molecular complexity index is 424. The standard InChI is InChI=1S/C13H18ClN3O/c14-10-3-1-4-11(7-10)16-13(18)9-17-6-2-5-12(17)8-15/h1,3-4,7,12H,2,5-6,8-9,15H2,(H,16,18). The quantitative estimate of drug-likeness (QED) is 0.873. The highest BCUT2D eigenvalue weighted by molar-refractivity contribution is 6.30. The molecule has 1 unspecified atom stereocenters. The highest BCUT2D eigenvalue weighted by Crippen LogP contribution is 2.17. The Balaban J connectivity index is 1.89. The lowest BCUT2D eigenvalue weighted by molar-refractivity contribution is -0.117. The average Bonchev–Trinajstić information content (AvgIpc) is 2.76. The maximum absolute atomic E-state index is 11.9. The van der Waals surface area contributed by atoms with Gasteiger partial charge in [-0.3, -0.25) is 9.69 Å². The van der Waals surface area contributed by atoms with Crippen LogP contribution in [0.3, 0.4) is 0 Å². The summed E-state index contributed by atoms with van der Waals surface area (Å²) in [4.78, 5) is 14.0. The fourth-order valence-electron chi connectivity index (χ4n) is 2.32. The van der Waals surface area contributed by atoms with Crippen molar-refractivity contribution in [1.29, 1.82) is 0 Å². The highest BCUT2D eigenvalue weighted by Gasteiger charge is 2.24. The van der Waals surface area contributed by atoms with Gasteiger partial charge < -0.3 is 11.1 Å². The minimum atomic E-state index is -0.0161. The molecule has 5 heteroatoms. The molecule has 18 heavy (non-hydrogen) atoms. The second-order valence-corrected chi connectivity index (χ2v) is 5.00. The molecular formula is C13H18ClN3O. The van der Waals surface area contributed by atoms with Crippen molar-refractivity contribution >= 4 is 23.2 Å². The normalized spacial score (nSPS) is 20.0. The number of halogens is 1. The summed E-state index contributed by atoms with van der Waals surface area (Å²) in [6.07, 6.45) is 2.20. The lowest BCUT2D eigenvalue weighted by Crippen LogP contribution is -2.40. The number of nitrogens with two attached hydrogens (primary N) is 1. The summed E-state index contributed by atoms with van der Waals surface area (Å²) < 4.78 is 0. The number of hydrogen-bond donors (Lipinski definition) is 2. The van der Waals surface area contributed by atoms with Crippen LogP contribution in [0.2, 0.25) is 5.02 Å². The van der Waals surface area contributed by atoms with E-state index in [9.17, 15) is 4.79 Å². The smallest absolute Gasteiger partial charge is 0.238 e. The van der Waals surface area contributed by atoms with Gasteiger partial charge in [0, 0.05) is 23.3 Å². The number of rotatable bonds is 4. The molecule has 0 aliphatic carbocycles. The van der Waals surface area contributed by atoms with Gasteiger partial charge in [-0.05, 0) is 37.6 Å². The average molecular weight is 268 g/mol. The van der Waals surface area contributed by atoms with Crippen LogP contribution in [0.1, 0.15) is 12.8 Å². The molecule has 0 spiro atoms. The van der Waals surface area contributed by atoms with E-state index in [1.807, 2.05) is 12.1 Å². The SMILES string of the molecule is NCC1CCCN1CC(=O)Nc1cccc(Cl)c1. The molecule has 4 nitrogen and oxygen atoms in total. The fraction of sp³-hybridized carbons (Fsp3) is 0.462. The van der Waals surface area contributed by atoms with Crippen LogP contribution in [0.4, 0.5) is 5.69 Å². The first-order valence-electron chi connectivity index (χ1n) is 6.18. The van der Waals surface area contributed by atoms with Crippen molar-refractivity contribution in [3.63, 3.8) is 0 Å². The molecule has 1 aromatic rings. The third-order valence-electron chi connectivity index (χ3n) is 3.23. The molecule has 1 aliphatic heterocycles. The van der Waals surface area contributed by atoms with Crippen molar-refractivity contribution in [3.8, 4) is 0 Å². The molecular weight excluding hydrogens is 250 g/mol. The first-order valence-corrected chi connectivity index (χ1v) is 6.56. The number of nitrogens with zero attached hydrogens (tertiary/aromatic N) is 1. The van der Waals surface area contributed by atoms with Crippen molar-refractivity contribution < 1.29 is 4.79 Å². The van der Waals surface area contributed by atoms with Crippen molar-refractivity contribution in [2.75, 3.05) is 25.0 Å². The first kappa shape index (κ1) is 13.3. The van der Waals surface area contributed by atoms with Gasteiger partial charge in [0.25, 0.3) is 0 Å². The van der Waals surface area contributed by atoms with Crippen molar-refractivity contribution in [2.24, 2.45) is 5.73 Å². The van der Waals surface area contributed by atoms with Gasteiger partial charge in [-0.25, -0.2) is 0 Å². The van der Waals surface area contributed by atoms with Gasteiger partial charge in [-0.2, -0.15) is 0 Å². The maximum Gasteiger partial charge on any atom is 0.238 e. The summed E-state index contributed by atoms with van der Waals surface area (Å²) in [5.41, 5.74) is 6.41. The molecule has 1 saturated heterocycles. The lowest BCUT2D eigenvalue weighted by atomic mass is 10.2. The van der Waals surface area contributed by atoms with Gasteiger partial charge >= 0.3 is 0 Å². The zero-order valence-electron chi connectivity index (χ0n) is 10.2. The molecule has 1 aromatic carbocycles. The Hall–Kier alpha value is -1.10. The van der Waals surface area contributed by atoms with Crippen molar-refractivity contribution in [1.82, 2.24) is 4.90 Å². The van der Waals surface area contributed by atoms with Crippen LogP contribution in [0, 0.1) is 0 Å². The molecule has 0 saturated carbocycles. The van der Waals surface area contributed by atoms with Gasteiger partial charge in [0.2, 0.25) is 5.91 Å². The van der Waals surface area contributed by atoms with Crippen LogP contribution >= 0.6 is 11.6 Å². The number of carbonyl (C=O) groups excluding carboxylic acids is 1. The molecule has 1 amide bonds. The number of hydrogen-bond acceptors (Lipinski definition) is 3. The number of carbonyl (C=O) groups is 1. The van der Waals surface area contributed by atoms with Crippen molar-refractivity contribution in [2.45, 2.75) is 18.9 Å². The predicted octanol–water partition coefficient (Wildman–Crippen LogP) is 1.70. The molecule has 1 atom stereocenters. The summed E-state index contributed by atoms with van der Waals surface area (Å²) in [6.45, 7) is 1.96. The van der Waals surface area contributed by atoms with Crippen LogP contribution in [-0.4, -0.2) is 36.5 Å². The summed E-state index contributed by atoms with van der Waals surface area (Å²) in [5.74, 6) is -0.0161. The summed E-state index contributed by atoms with van der Waals surface area (Å²) in [5, 5.41) is 3.47. The molecule has 0 bridgehead atoms. The third kappa shape index (κ3) is 3.45. The van der Waals surface area contributed by atoms with Crippen LogP contribution in [0.25, 0.3) is 0 Å². The molecule has 0 aromatic heterocycles. The van der Waals surface area contributed by atoms with Crippen LogP contribution in [-0.2, 0) is 4.79 Å². The Morgan fingerprint density at radius 1 is 1.56 bits per heavy atom. The first-order chi connectivity index (χ1) is 8.69. The number of anilines is 1. The second kappa shape index (κ2) is 6.18. The molecule has 1 fully saturated rings. The minimum absolute atomic E-state index is 0.0161. The van der Waals surface area contributed by atoms with E-state index >= 15 is 0 Å². The third-order valence-corrected chi connectivity index (χ3v) is 3.46. The Morgan fingerprint density at radius 3 is 3.11 bits per heavy atom. The number of amides is 1. The fourth-order valence-corrected chi connectivity index (χ4v) is 2.51. The summed E-state index contributed by atoms with van der Waals surface area (Å²) >= 11 is 5.87. The highest BCUT2D eigenvalue weighted by atomic mass is 35.5. The molecule has 1 aliphatic rings. The molecule has 0 radical (unpaired) electrons. The van der Waals surface area contributed by atoms with E-state index in [-0.39, 0.29) is 5.91 Å². The predicted molar refractivity (Wildman–Crippen MR) is 73.7 cm³/mol. The second-order valence-electron chi connectivity index (χ2n) is 4.56. The van der Waals surface area contributed by atoms with Crippen LogP contribution < -0.4 is 11.1 Å². The van der Waals surface area contributed by atoms with Gasteiger partial charge in [0.15, 0.2) is 0 Å². The van der Waals surface area contributed by atoms with Gasteiger partial charge in [0.05, 0.1) is 6.54 Å². The monoisotopic (exact) mass is 267 g/mol. The zero-order valence-corrected chi connectivity index (χ0v) is 11.0. The van der Waals surface area contributed by atoms with E-state index in [2.05, 4.69) is 10.2 Å². The van der Waals surface area contributed by atoms with E-state index in [4.69, 9.17) is 17.3 Å². The van der Waals surface area contributed by atoms with Gasteiger partial charge in [0.1, 0.15) is 0 Å². The van der Waals surface area contributed by atoms with E-state index in [1.54, 1.807) is 12.1 Å². The Labute approximate surface area is 112 Å². The van der Waals surface area contributed by atoms with Crippen LogP contribution in [0.5, 0.6) is 0 Å². The van der Waals surface area contributed by atoms with Gasteiger partial charge in [-0.1, -0.05) is 17.7 Å². The van der Waals surface area contributed by atoms with Crippen molar-refractivity contribution in [3.05, 3.63) is 29.3 Å². The van der Waals surface area contributed by atoms with E-state index < -0.39 is 0 Å². The number of benzene rings is 1. The van der Waals surface area contributed by atoms with E-state index in [0.717, 1.165) is 25.1 Å². The Morgan fingerprint density at radius 2 is 2.39 bits per heavy atom. The number of nitrogens with one attached hydrogen (secondary N) is 1. The van der Waals surface area contributed by atoms with Crippen LogP contribution in [0.15, 0.2) is 24.3 Å². The Kier molecular flexibility index (Phi) is 4.58. The largest absolute Gasteiger partial charge is 0.329 e. The van der Waals surface area contributed by atoms with E-state index in [1.165, 1.54) is 0 Å². The number of likely N-dealkylation sites (tertiary alicyclic amines) is 1. The molecule has 1 heterocycles. The molecule has 2 rings (SSSR count). The lowest BCUT2D eigenvalue weighted by Gasteiger charge is -2.22. The topological polar surface area (TPSA) is 58.4 Å². The van der Waals surface area contributed by atoms with Gasteiger partial charge in [-0.15, -0.1) is 0 Å². The molecule has 3 N–H and O–H groups in total. The summed E-state index contributed by atoms with van der Waals surface area (Å²) in [6, 6.07) is 7.51.